The highest BCUT2D eigenvalue weighted by molar-refractivity contribution is 5.95. The SMILES string of the molecule is CCc1ccccc1NC(=O)CNC(=O)COC(=O)CCc1c(C)noc1C. The van der Waals surface area contributed by atoms with Gasteiger partial charge in [-0.3, -0.25) is 14.4 Å². The molecule has 150 valence electrons. The first-order chi connectivity index (χ1) is 13.4. The normalized spacial score (nSPS) is 10.4. The number of carbonyl (C=O) groups excluding carboxylic acids is 3. The number of nitrogens with zero attached hydrogens (tertiary/aromatic N) is 1. The Balaban J connectivity index is 1.68. The van der Waals surface area contributed by atoms with Crippen molar-refractivity contribution in [2.24, 2.45) is 0 Å². The first-order valence-corrected chi connectivity index (χ1v) is 9.12. The summed E-state index contributed by atoms with van der Waals surface area (Å²) < 4.78 is 9.97. The molecule has 0 radical (unpaired) electrons. The smallest absolute Gasteiger partial charge is 0.306 e. The van der Waals surface area contributed by atoms with E-state index in [-0.39, 0.29) is 18.9 Å². The van der Waals surface area contributed by atoms with Crippen LogP contribution >= 0.6 is 0 Å². The average Bonchev–Trinajstić information content (AvgIpc) is 3.01. The van der Waals surface area contributed by atoms with E-state index < -0.39 is 18.5 Å². The zero-order chi connectivity index (χ0) is 20.5. The molecule has 8 heteroatoms. The van der Waals surface area contributed by atoms with Gasteiger partial charge in [-0.15, -0.1) is 0 Å². The highest BCUT2D eigenvalue weighted by atomic mass is 16.5. The molecule has 1 heterocycles. The summed E-state index contributed by atoms with van der Waals surface area (Å²) in [6.45, 7) is 4.94. The van der Waals surface area contributed by atoms with Crippen LogP contribution in [0.3, 0.4) is 0 Å². The van der Waals surface area contributed by atoms with Crippen molar-refractivity contribution in [2.45, 2.75) is 40.0 Å². The standard InChI is InChI=1S/C20H25N3O5/c1-4-15-7-5-6-8-17(15)22-18(24)11-21-19(25)12-27-20(26)10-9-16-13(2)23-28-14(16)3/h5-8H,4,9-12H2,1-3H3,(H,21,25)(H,22,24). The van der Waals surface area contributed by atoms with Crippen LogP contribution < -0.4 is 10.6 Å². The van der Waals surface area contributed by atoms with Gasteiger partial charge in [0.15, 0.2) is 6.61 Å². The van der Waals surface area contributed by atoms with Crippen LogP contribution in [0.1, 0.15) is 35.9 Å². The summed E-state index contributed by atoms with van der Waals surface area (Å²) in [5, 5.41) is 9.00. The van der Waals surface area contributed by atoms with E-state index in [0.717, 1.165) is 28.9 Å². The molecule has 0 atom stereocenters. The van der Waals surface area contributed by atoms with Gasteiger partial charge in [-0.05, 0) is 38.3 Å². The Bertz CT molecular complexity index is 825. The van der Waals surface area contributed by atoms with Crippen LogP contribution in [0.5, 0.6) is 0 Å². The van der Waals surface area contributed by atoms with Gasteiger partial charge >= 0.3 is 5.97 Å². The van der Waals surface area contributed by atoms with Crippen molar-refractivity contribution in [1.29, 1.82) is 0 Å². The maximum atomic E-state index is 12.0. The topological polar surface area (TPSA) is 111 Å². The zero-order valence-electron chi connectivity index (χ0n) is 16.3. The van der Waals surface area contributed by atoms with Crippen molar-refractivity contribution in [3.05, 3.63) is 46.8 Å². The van der Waals surface area contributed by atoms with E-state index in [0.29, 0.717) is 12.2 Å². The van der Waals surface area contributed by atoms with Gasteiger partial charge in [-0.1, -0.05) is 30.3 Å². The van der Waals surface area contributed by atoms with Gasteiger partial charge in [-0.2, -0.15) is 0 Å². The molecule has 0 aliphatic carbocycles. The summed E-state index contributed by atoms with van der Waals surface area (Å²) in [6, 6.07) is 7.46. The average molecular weight is 387 g/mol. The Labute approximate surface area is 163 Å². The van der Waals surface area contributed by atoms with Crippen molar-refractivity contribution in [2.75, 3.05) is 18.5 Å². The number of benzene rings is 1. The lowest BCUT2D eigenvalue weighted by Crippen LogP contribution is -2.35. The second-order valence-electron chi connectivity index (χ2n) is 6.30. The van der Waals surface area contributed by atoms with Crippen LogP contribution in [0.25, 0.3) is 0 Å². The third kappa shape index (κ3) is 6.22. The number of carbonyl (C=O) groups is 3. The zero-order valence-corrected chi connectivity index (χ0v) is 16.3. The number of hydrogen-bond acceptors (Lipinski definition) is 6. The molecule has 0 bridgehead atoms. The minimum Gasteiger partial charge on any atom is -0.456 e. The van der Waals surface area contributed by atoms with E-state index in [9.17, 15) is 14.4 Å². The molecule has 1 aromatic heterocycles. The van der Waals surface area contributed by atoms with Crippen molar-refractivity contribution in [3.63, 3.8) is 0 Å². The van der Waals surface area contributed by atoms with E-state index in [1.165, 1.54) is 0 Å². The lowest BCUT2D eigenvalue weighted by atomic mass is 10.1. The largest absolute Gasteiger partial charge is 0.456 e. The minimum atomic E-state index is -0.537. The summed E-state index contributed by atoms with van der Waals surface area (Å²) in [5.41, 5.74) is 3.33. The number of aryl methyl sites for hydroxylation is 3. The third-order valence-electron chi connectivity index (χ3n) is 4.24. The Hall–Kier alpha value is -3.16. The predicted molar refractivity (Wildman–Crippen MR) is 103 cm³/mol. The summed E-state index contributed by atoms with van der Waals surface area (Å²) in [6.07, 6.45) is 1.33. The van der Waals surface area contributed by atoms with Crippen molar-refractivity contribution in [1.82, 2.24) is 10.5 Å². The molecule has 28 heavy (non-hydrogen) atoms. The molecule has 0 unspecified atom stereocenters. The number of aromatic nitrogens is 1. The van der Waals surface area contributed by atoms with E-state index in [4.69, 9.17) is 9.26 Å². The molecule has 0 aliphatic heterocycles. The van der Waals surface area contributed by atoms with Gasteiger partial charge in [0.1, 0.15) is 5.76 Å². The summed E-state index contributed by atoms with van der Waals surface area (Å²) in [7, 11) is 0. The predicted octanol–water partition coefficient (Wildman–Crippen LogP) is 2.08. The van der Waals surface area contributed by atoms with Gasteiger partial charge in [0, 0.05) is 17.7 Å². The molecule has 0 aliphatic rings. The van der Waals surface area contributed by atoms with Crippen LogP contribution in [-0.4, -0.2) is 36.1 Å². The van der Waals surface area contributed by atoms with Crippen molar-refractivity contribution in [3.8, 4) is 0 Å². The minimum absolute atomic E-state index is 0.116. The van der Waals surface area contributed by atoms with Crippen LogP contribution in [0.4, 0.5) is 5.69 Å². The van der Waals surface area contributed by atoms with E-state index in [1.807, 2.05) is 25.1 Å². The number of esters is 1. The second-order valence-corrected chi connectivity index (χ2v) is 6.30. The summed E-state index contributed by atoms with van der Waals surface area (Å²) in [5.74, 6) is -0.723. The fraction of sp³-hybridized carbons (Fsp3) is 0.400. The Morgan fingerprint density at radius 1 is 1.14 bits per heavy atom. The second kappa shape index (κ2) is 10.2. The number of amides is 2. The lowest BCUT2D eigenvalue weighted by molar-refractivity contribution is -0.148. The molecule has 2 rings (SSSR count). The molecule has 8 nitrogen and oxygen atoms in total. The highest BCUT2D eigenvalue weighted by Gasteiger charge is 2.13. The van der Waals surface area contributed by atoms with Gasteiger partial charge in [-0.25, -0.2) is 0 Å². The Morgan fingerprint density at radius 3 is 2.57 bits per heavy atom. The number of ether oxygens (including phenoxy) is 1. The molecule has 1 aromatic carbocycles. The molecule has 2 aromatic rings. The quantitative estimate of drug-likeness (QED) is 0.638. The molecule has 0 saturated carbocycles. The Morgan fingerprint density at radius 2 is 1.89 bits per heavy atom. The number of rotatable bonds is 9. The summed E-state index contributed by atoms with van der Waals surface area (Å²) >= 11 is 0. The molecular formula is C20H25N3O5. The summed E-state index contributed by atoms with van der Waals surface area (Å²) in [4.78, 5) is 35.5. The monoisotopic (exact) mass is 387 g/mol. The Kier molecular flexibility index (Phi) is 7.74. The van der Waals surface area contributed by atoms with Gasteiger partial charge in [0.25, 0.3) is 5.91 Å². The molecule has 0 fully saturated rings. The number of para-hydroxylation sites is 1. The molecule has 2 amide bonds. The first-order valence-electron chi connectivity index (χ1n) is 9.12. The fourth-order valence-electron chi connectivity index (χ4n) is 2.68. The van der Waals surface area contributed by atoms with Crippen LogP contribution in [0, 0.1) is 13.8 Å². The number of anilines is 1. The highest BCUT2D eigenvalue weighted by Crippen LogP contribution is 2.15. The van der Waals surface area contributed by atoms with Crippen LogP contribution in [0.2, 0.25) is 0 Å². The maximum Gasteiger partial charge on any atom is 0.306 e. The van der Waals surface area contributed by atoms with Gasteiger partial charge in [0.05, 0.1) is 12.2 Å². The van der Waals surface area contributed by atoms with E-state index in [1.54, 1.807) is 19.9 Å². The fourth-order valence-corrected chi connectivity index (χ4v) is 2.68. The first kappa shape index (κ1) is 21.1. The van der Waals surface area contributed by atoms with Crippen molar-refractivity contribution < 1.29 is 23.6 Å². The maximum absolute atomic E-state index is 12.0. The van der Waals surface area contributed by atoms with Gasteiger partial charge in [0.2, 0.25) is 5.91 Å². The number of hydrogen-bond donors (Lipinski definition) is 2. The van der Waals surface area contributed by atoms with Crippen LogP contribution in [0.15, 0.2) is 28.8 Å². The number of nitrogens with one attached hydrogen (secondary N) is 2. The third-order valence-corrected chi connectivity index (χ3v) is 4.24. The molecular weight excluding hydrogens is 362 g/mol. The van der Waals surface area contributed by atoms with E-state index in [2.05, 4.69) is 15.8 Å². The lowest BCUT2D eigenvalue weighted by Gasteiger charge is -2.10. The molecule has 2 N–H and O–H groups in total. The van der Waals surface area contributed by atoms with Crippen molar-refractivity contribution >= 4 is 23.5 Å². The van der Waals surface area contributed by atoms with Gasteiger partial charge < -0.3 is 19.9 Å². The van der Waals surface area contributed by atoms with Crippen LogP contribution in [-0.2, 0) is 32.0 Å². The van der Waals surface area contributed by atoms with E-state index >= 15 is 0 Å². The molecule has 0 saturated heterocycles. The molecule has 0 spiro atoms.